The van der Waals surface area contributed by atoms with Crippen molar-refractivity contribution in [3.63, 3.8) is 0 Å². The Morgan fingerprint density at radius 2 is 0.783 bits per heavy atom. The lowest BCUT2D eigenvalue weighted by atomic mass is 9.96. The number of rotatable bonds is 8. The minimum atomic E-state index is 0.882. The minimum Gasteiger partial charge on any atom is -0.455 e. The maximum absolute atomic E-state index is 6.58. The van der Waals surface area contributed by atoms with E-state index >= 15 is 0 Å². The summed E-state index contributed by atoms with van der Waals surface area (Å²) in [4.78, 5) is 2.37. The number of benzene rings is 10. The summed E-state index contributed by atoms with van der Waals surface area (Å²) in [7, 11) is 0. The van der Waals surface area contributed by atoms with Crippen LogP contribution in [-0.2, 0) is 0 Å². The number of nitrogens with zero attached hydrogens (tertiary/aromatic N) is 1. The highest BCUT2D eigenvalue weighted by atomic mass is 16.3. The van der Waals surface area contributed by atoms with Crippen LogP contribution in [0.1, 0.15) is 0 Å². The predicted molar refractivity (Wildman–Crippen MR) is 253 cm³/mol. The second-order valence-corrected chi connectivity index (χ2v) is 15.3. The van der Waals surface area contributed by atoms with Gasteiger partial charge in [-0.2, -0.15) is 0 Å². The Kier molecular flexibility index (Phi) is 8.87. The number of hydrogen-bond donors (Lipinski definition) is 0. The summed E-state index contributed by atoms with van der Waals surface area (Å²) < 4.78 is 6.58. The SMILES string of the molecule is c1ccc(-c2c(-c3cccc(-c4ccc(N(c5ccc(-c6ccc(-c7cccc8ccccc78)cc6)cc5)c5cccc6ccccc56)cc4)c3)oc3ccccc23)cc1. The van der Waals surface area contributed by atoms with Crippen LogP contribution >= 0.6 is 0 Å². The summed E-state index contributed by atoms with van der Waals surface area (Å²) in [6.07, 6.45) is 0. The number of anilines is 3. The van der Waals surface area contributed by atoms with Crippen molar-refractivity contribution in [2.75, 3.05) is 4.90 Å². The van der Waals surface area contributed by atoms with Crippen LogP contribution in [0.4, 0.5) is 17.1 Å². The number of fused-ring (bicyclic) bond motifs is 3. The molecule has 0 unspecified atom stereocenters. The molecule has 0 saturated heterocycles. The first-order chi connectivity index (χ1) is 29.7. The quantitative estimate of drug-likeness (QED) is 0.153. The third-order valence-electron chi connectivity index (χ3n) is 11.7. The van der Waals surface area contributed by atoms with Gasteiger partial charge in [0.15, 0.2) is 0 Å². The van der Waals surface area contributed by atoms with Crippen LogP contribution in [-0.4, -0.2) is 0 Å². The molecule has 0 amide bonds. The van der Waals surface area contributed by atoms with Crippen LogP contribution in [0.2, 0.25) is 0 Å². The van der Waals surface area contributed by atoms with Crippen molar-refractivity contribution in [2.24, 2.45) is 0 Å². The first-order valence-corrected chi connectivity index (χ1v) is 20.5. The van der Waals surface area contributed by atoms with Gasteiger partial charge in [0.05, 0.1) is 5.69 Å². The van der Waals surface area contributed by atoms with Crippen LogP contribution in [0.5, 0.6) is 0 Å². The molecule has 0 radical (unpaired) electrons. The summed E-state index contributed by atoms with van der Waals surface area (Å²) >= 11 is 0. The maximum atomic E-state index is 6.58. The van der Waals surface area contributed by atoms with Crippen molar-refractivity contribution < 1.29 is 4.42 Å². The lowest BCUT2D eigenvalue weighted by Gasteiger charge is -2.27. The molecule has 2 nitrogen and oxygen atoms in total. The molecule has 0 aliphatic rings. The first kappa shape index (κ1) is 35.2. The smallest absolute Gasteiger partial charge is 0.143 e. The molecule has 0 bridgehead atoms. The molecular weight excluding hydrogens is 727 g/mol. The van der Waals surface area contributed by atoms with E-state index in [1.165, 1.54) is 43.8 Å². The molecular formula is C58H39NO. The molecule has 1 heterocycles. The molecule has 10 aromatic carbocycles. The Bertz CT molecular complexity index is 3280. The maximum Gasteiger partial charge on any atom is 0.143 e. The lowest BCUT2D eigenvalue weighted by Crippen LogP contribution is -2.10. The van der Waals surface area contributed by atoms with Crippen molar-refractivity contribution in [2.45, 2.75) is 0 Å². The molecule has 0 N–H and O–H groups in total. The molecule has 0 atom stereocenters. The Labute approximate surface area is 349 Å². The van der Waals surface area contributed by atoms with E-state index < -0.39 is 0 Å². The molecule has 0 aliphatic carbocycles. The molecule has 1 aromatic heterocycles. The second-order valence-electron chi connectivity index (χ2n) is 15.3. The fraction of sp³-hybridized carbons (Fsp3) is 0. The van der Waals surface area contributed by atoms with Crippen molar-refractivity contribution in [3.05, 3.63) is 237 Å². The molecule has 282 valence electrons. The van der Waals surface area contributed by atoms with Gasteiger partial charge in [-0.3, -0.25) is 0 Å². The van der Waals surface area contributed by atoms with Crippen molar-refractivity contribution in [1.29, 1.82) is 0 Å². The molecule has 11 aromatic rings. The van der Waals surface area contributed by atoms with Gasteiger partial charge in [-0.1, -0.05) is 194 Å². The number of hydrogen-bond acceptors (Lipinski definition) is 2. The second kappa shape index (κ2) is 15.1. The van der Waals surface area contributed by atoms with Gasteiger partial charge in [-0.25, -0.2) is 0 Å². The molecule has 0 saturated carbocycles. The van der Waals surface area contributed by atoms with E-state index in [1.807, 2.05) is 12.1 Å². The van der Waals surface area contributed by atoms with Gasteiger partial charge < -0.3 is 9.32 Å². The van der Waals surface area contributed by atoms with Crippen LogP contribution in [0.15, 0.2) is 241 Å². The Balaban J connectivity index is 0.940. The zero-order valence-electron chi connectivity index (χ0n) is 32.9. The van der Waals surface area contributed by atoms with Gasteiger partial charge in [0.2, 0.25) is 0 Å². The minimum absolute atomic E-state index is 0.882. The summed E-state index contributed by atoms with van der Waals surface area (Å²) in [5.41, 5.74) is 14.6. The van der Waals surface area contributed by atoms with E-state index in [-0.39, 0.29) is 0 Å². The summed E-state index contributed by atoms with van der Waals surface area (Å²) in [5.74, 6) is 0.882. The average molecular weight is 766 g/mol. The average Bonchev–Trinajstić information content (AvgIpc) is 3.72. The number of para-hydroxylation sites is 1. The largest absolute Gasteiger partial charge is 0.455 e. The summed E-state index contributed by atoms with van der Waals surface area (Å²) in [6.45, 7) is 0. The van der Waals surface area contributed by atoms with E-state index in [9.17, 15) is 0 Å². The van der Waals surface area contributed by atoms with Gasteiger partial charge in [0.1, 0.15) is 11.3 Å². The highest BCUT2D eigenvalue weighted by Gasteiger charge is 2.19. The Hall–Kier alpha value is -7.94. The van der Waals surface area contributed by atoms with Crippen molar-refractivity contribution in [1.82, 2.24) is 0 Å². The van der Waals surface area contributed by atoms with Crippen LogP contribution in [0, 0.1) is 0 Å². The summed E-state index contributed by atoms with van der Waals surface area (Å²) in [5, 5.41) is 6.05. The van der Waals surface area contributed by atoms with Crippen LogP contribution in [0.25, 0.3) is 88.3 Å². The normalized spacial score (nSPS) is 11.3. The van der Waals surface area contributed by atoms with E-state index in [4.69, 9.17) is 4.42 Å². The van der Waals surface area contributed by atoms with E-state index in [0.29, 0.717) is 0 Å². The van der Waals surface area contributed by atoms with Gasteiger partial charge in [0, 0.05) is 33.3 Å². The lowest BCUT2D eigenvalue weighted by molar-refractivity contribution is 0.632. The van der Waals surface area contributed by atoms with Crippen LogP contribution in [0.3, 0.4) is 0 Å². The first-order valence-electron chi connectivity index (χ1n) is 20.5. The molecule has 0 fully saturated rings. The highest BCUT2D eigenvalue weighted by molar-refractivity contribution is 6.03. The molecule has 2 heteroatoms. The standard InChI is InChI=1S/C58H39NO/c1-2-15-46(16-3-1)57-54-23-8-9-26-56(54)60-58(57)48-20-10-19-47(39-48)42-33-37-50(38-34-42)59(55-25-12-18-44-14-5-7-22-53(44)55)49-35-31-41(32-36-49)40-27-29-45(30-28-40)52-24-11-17-43-13-4-6-21-51(43)52/h1-39H. The fourth-order valence-corrected chi connectivity index (χ4v) is 8.74. The van der Waals surface area contributed by atoms with Gasteiger partial charge in [0.25, 0.3) is 0 Å². The molecule has 0 aliphatic heterocycles. The number of furan rings is 1. The highest BCUT2D eigenvalue weighted by Crippen LogP contribution is 2.43. The summed E-state index contributed by atoms with van der Waals surface area (Å²) in [6, 6.07) is 84.7. The predicted octanol–water partition coefficient (Wildman–Crippen LogP) is 16.5. The Morgan fingerprint density at radius 1 is 0.300 bits per heavy atom. The van der Waals surface area contributed by atoms with Gasteiger partial charge in [-0.05, 0) is 97.6 Å². The topological polar surface area (TPSA) is 16.4 Å². The molecule has 11 rings (SSSR count). The van der Waals surface area contributed by atoms with Gasteiger partial charge >= 0.3 is 0 Å². The zero-order valence-corrected chi connectivity index (χ0v) is 32.9. The van der Waals surface area contributed by atoms with E-state index in [2.05, 4.69) is 229 Å². The monoisotopic (exact) mass is 765 g/mol. The van der Waals surface area contributed by atoms with Gasteiger partial charge in [-0.15, -0.1) is 0 Å². The Morgan fingerprint density at radius 3 is 1.50 bits per heavy atom. The fourth-order valence-electron chi connectivity index (χ4n) is 8.74. The van der Waals surface area contributed by atoms with E-state index in [1.54, 1.807) is 0 Å². The van der Waals surface area contributed by atoms with Crippen molar-refractivity contribution >= 4 is 49.6 Å². The molecule has 60 heavy (non-hydrogen) atoms. The van der Waals surface area contributed by atoms with Crippen LogP contribution < -0.4 is 4.90 Å². The van der Waals surface area contributed by atoms with E-state index in [0.717, 1.165) is 61.6 Å². The zero-order chi connectivity index (χ0) is 39.8. The van der Waals surface area contributed by atoms with Crippen molar-refractivity contribution in [3.8, 4) is 55.8 Å². The third-order valence-corrected chi connectivity index (χ3v) is 11.7. The molecule has 0 spiro atoms. The third kappa shape index (κ3) is 6.41.